The van der Waals surface area contributed by atoms with Gasteiger partial charge in [-0.15, -0.1) is 0 Å². The van der Waals surface area contributed by atoms with Crippen LogP contribution in [-0.4, -0.2) is 151 Å². The maximum atomic E-state index is 13.0. The molecule has 0 aromatic heterocycles. The molecule has 0 amide bonds. The van der Waals surface area contributed by atoms with Crippen molar-refractivity contribution in [1.29, 1.82) is 0 Å². The summed E-state index contributed by atoms with van der Waals surface area (Å²) < 4.78 is 48.4. The fraction of sp³-hybridized carbons (Fsp3) is 0.471. The van der Waals surface area contributed by atoms with Crippen molar-refractivity contribution in [1.82, 2.24) is 0 Å². The van der Waals surface area contributed by atoms with E-state index in [1.165, 1.54) is 58.8 Å². The first-order valence-electron chi connectivity index (χ1n) is 15.7. The SMILES string of the molecule is COc1cc(C=CC(=O)OC[C@H]2O[C@H](O[C@]3(CO)O[C@H](CO)[C@@H](O)[C@@H]3OC(=O)C=Cc3cc(OC)c(OC)c(OC)c3)[C@H](O)[C@@H](O)[C@@H]2O)ccc1O. The van der Waals surface area contributed by atoms with Crippen LogP contribution in [0.4, 0.5) is 0 Å². The van der Waals surface area contributed by atoms with Gasteiger partial charge < -0.3 is 78.4 Å². The van der Waals surface area contributed by atoms with E-state index in [2.05, 4.69) is 0 Å². The average Bonchev–Trinajstić information content (AvgIpc) is 3.42. The summed E-state index contributed by atoms with van der Waals surface area (Å²) in [6.07, 6.45) is -9.55. The number of carbonyl (C=O) groups is 2. The minimum atomic E-state index is -2.48. The Morgan fingerprint density at radius 1 is 0.769 bits per heavy atom. The van der Waals surface area contributed by atoms with E-state index in [1.54, 1.807) is 12.1 Å². The topological polar surface area (TPSA) is 259 Å². The molecule has 2 aliphatic rings. The molecule has 2 fully saturated rings. The second-order valence-corrected chi connectivity index (χ2v) is 11.5. The summed E-state index contributed by atoms with van der Waals surface area (Å²) in [6.45, 7) is -2.61. The third kappa shape index (κ3) is 8.92. The Hall–Kier alpha value is -4.50. The number of hydrogen-bond acceptors (Lipinski definition) is 18. The maximum absolute atomic E-state index is 13.0. The van der Waals surface area contributed by atoms with Gasteiger partial charge in [-0.1, -0.05) is 6.07 Å². The van der Waals surface area contributed by atoms with Crippen molar-refractivity contribution in [2.24, 2.45) is 0 Å². The van der Waals surface area contributed by atoms with E-state index < -0.39 is 86.6 Å². The Labute approximate surface area is 297 Å². The Balaban J connectivity index is 1.48. The highest BCUT2D eigenvalue weighted by atomic mass is 16.8. The Bertz CT molecular complexity index is 1570. The van der Waals surface area contributed by atoms with E-state index in [0.29, 0.717) is 28.4 Å². The van der Waals surface area contributed by atoms with E-state index in [9.17, 15) is 45.3 Å². The molecule has 0 bridgehead atoms. The van der Waals surface area contributed by atoms with Gasteiger partial charge in [0.05, 0.1) is 35.0 Å². The molecule has 0 aliphatic carbocycles. The number of ether oxygens (including phenoxy) is 9. The first-order chi connectivity index (χ1) is 24.8. The van der Waals surface area contributed by atoms with Crippen LogP contribution in [0.5, 0.6) is 28.7 Å². The van der Waals surface area contributed by atoms with Crippen molar-refractivity contribution in [3.63, 3.8) is 0 Å². The number of hydrogen-bond donors (Lipinski definition) is 7. The van der Waals surface area contributed by atoms with E-state index in [1.807, 2.05) is 0 Å². The van der Waals surface area contributed by atoms with Crippen molar-refractivity contribution >= 4 is 24.1 Å². The molecule has 2 aliphatic heterocycles. The van der Waals surface area contributed by atoms with Gasteiger partial charge in [0.2, 0.25) is 11.5 Å². The second-order valence-electron chi connectivity index (χ2n) is 11.5. The van der Waals surface area contributed by atoms with Crippen LogP contribution in [0.1, 0.15) is 11.1 Å². The van der Waals surface area contributed by atoms with Crippen LogP contribution in [0.15, 0.2) is 42.5 Å². The van der Waals surface area contributed by atoms with Crippen molar-refractivity contribution in [3.8, 4) is 28.7 Å². The average molecular weight is 739 g/mol. The fourth-order valence-electron chi connectivity index (χ4n) is 5.46. The van der Waals surface area contributed by atoms with Crippen molar-refractivity contribution < 1.29 is 88.0 Å². The third-order valence-electron chi connectivity index (χ3n) is 8.21. The number of benzene rings is 2. The molecule has 0 spiro atoms. The van der Waals surface area contributed by atoms with Gasteiger partial charge in [-0.3, -0.25) is 0 Å². The number of phenolic OH excluding ortho intramolecular Hbond substituents is 1. The minimum absolute atomic E-state index is 0.107. The Morgan fingerprint density at radius 3 is 1.98 bits per heavy atom. The summed E-state index contributed by atoms with van der Waals surface area (Å²) in [5.74, 6) is -3.48. The van der Waals surface area contributed by atoms with Gasteiger partial charge in [0, 0.05) is 12.2 Å². The van der Waals surface area contributed by atoms with Crippen molar-refractivity contribution in [3.05, 3.63) is 53.6 Å². The van der Waals surface area contributed by atoms with Crippen LogP contribution < -0.4 is 18.9 Å². The molecule has 2 saturated heterocycles. The third-order valence-corrected chi connectivity index (χ3v) is 8.21. The number of methoxy groups -OCH3 is 4. The number of carbonyl (C=O) groups excluding carboxylic acids is 2. The molecular weight excluding hydrogens is 696 g/mol. The van der Waals surface area contributed by atoms with Gasteiger partial charge >= 0.3 is 11.9 Å². The molecular formula is C34H42O18. The van der Waals surface area contributed by atoms with Gasteiger partial charge in [0.15, 0.2) is 35.4 Å². The zero-order chi connectivity index (χ0) is 38.2. The highest BCUT2D eigenvalue weighted by Crippen LogP contribution is 2.40. The standard InChI is InChI=1S/C34H42O18/c1-44-20-11-17(5-8-19(20)37)6-9-25(38)48-15-24-27(40)29(42)30(43)33(49-24)52-34(16-36)32(28(41)23(14-35)51-34)50-26(39)10-7-18-12-21(45-2)31(47-4)22(13-18)46-3/h5-13,23-24,27-30,32-33,35-37,40-43H,14-16H2,1-4H3/t23-,24-,27-,28-,29+,30-,32+,33-,34+/m1/s1. The van der Waals surface area contributed by atoms with E-state index in [-0.39, 0.29) is 11.5 Å². The zero-order valence-electron chi connectivity index (χ0n) is 28.6. The second kappa shape index (κ2) is 17.8. The van der Waals surface area contributed by atoms with Crippen LogP contribution in [0.3, 0.4) is 0 Å². The van der Waals surface area contributed by atoms with Gasteiger partial charge in [0.1, 0.15) is 49.8 Å². The van der Waals surface area contributed by atoms with E-state index in [0.717, 1.165) is 12.2 Å². The molecule has 0 radical (unpaired) electrons. The predicted octanol–water partition coefficient (Wildman–Crippen LogP) is -1.13. The number of aliphatic hydroxyl groups excluding tert-OH is 6. The normalized spacial score (nSPS) is 28.9. The molecule has 4 rings (SSSR count). The lowest BCUT2D eigenvalue weighted by Gasteiger charge is -2.43. The Morgan fingerprint density at radius 2 is 1.38 bits per heavy atom. The first kappa shape index (κ1) is 40.3. The molecule has 7 N–H and O–H groups in total. The number of rotatable bonds is 15. The van der Waals surface area contributed by atoms with Gasteiger partial charge in [-0.05, 0) is 47.5 Å². The van der Waals surface area contributed by atoms with Crippen LogP contribution in [-0.2, 0) is 33.3 Å². The van der Waals surface area contributed by atoms with Crippen molar-refractivity contribution in [2.45, 2.75) is 54.8 Å². The van der Waals surface area contributed by atoms with Gasteiger partial charge in [0.25, 0.3) is 0 Å². The first-order valence-corrected chi connectivity index (χ1v) is 15.7. The number of phenols is 1. The molecule has 2 heterocycles. The number of esters is 2. The van der Waals surface area contributed by atoms with Gasteiger partial charge in [-0.25, -0.2) is 9.59 Å². The molecule has 286 valence electrons. The van der Waals surface area contributed by atoms with Gasteiger partial charge in [-0.2, -0.15) is 0 Å². The summed E-state index contributed by atoms with van der Waals surface area (Å²) in [7, 11) is 5.59. The van der Waals surface area contributed by atoms with Crippen LogP contribution in [0, 0.1) is 0 Å². The minimum Gasteiger partial charge on any atom is -0.504 e. The molecule has 2 aromatic carbocycles. The quantitative estimate of drug-likeness (QED) is 0.0843. The Kier molecular flexibility index (Phi) is 13.8. The van der Waals surface area contributed by atoms with Crippen LogP contribution in [0.25, 0.3) is 12.2 Å². The zero-order valence-corrected chi connectivity index (χ0v) is 28.6. The molecule has 2 aromatic rings. The molecule has 52 heavy (non-hydrogen) atoms. The smallest absolute Gasteiger partial charge is 0.331 e. The lowest BCUT2D eigenvalue weighted by molar-refractivity contribution is -0.383. The highest BCUT2D eigenvalue weighted by molar-refractivity contribution is 5.88. The maximum Gasteiger partial charge on any atom is 0.331 e. The molecule has 18 heteroatoms. The highest BCUT2D eigenvalue weighted by Gasteiger charge is 2.60. The largest absolute Gasteiger partial charge is 0.504 e. The predicted molar refractivity (Wildman–Crippen MR) is 175 cm³/mol. The fourth-order valence-corrected chi connectivity index (χ4v) is 5.46. The molecule has 18 nitrogen and oxygen atoms in total. The summed E-state index contributed by atoms with van der Waals surface area (Å²) in [5.41, 5.74) is 0.899. The molecule has 0 unspecified atom stereocenters. The van der Waals surface area contributed by atoms with E-state index in [4.69, 9.17) is 42.6 Å². The summed E-state index contributed by atoms with van der Waals surface area (Å²) in [5, 5.41) is 72.8. The summed E-state index contributed by atoms with van der Waals surface area (Å²) >= 11 is 0. The molecule has 0 saturated carbocycles. The summed E-state index contributed by atoms with van der Waals surface area (Å²) in [4.78, 5) is 25.4. The lowest BCUT2D eigenvalue weighted by atomic mass is 9.99. The lowest BCUT2D eigenvalue weighted by Crippen LogP contribution is -2.63. The molecule has 9 atom stereocenters. The van der Waals surface area contributed by atoms with Crippen LogP contribution >= 0.6 is 0 Å². The number of aromatic hydroxyl groups is 1. The van der Waals surface area contributed by atoms with E-state index >= 15 is 0 Å². The van der Waals surface area contributed by atoms with Crippen LogP contribution in [0.2, 0.25) is 0 Å². The van der Waals surface area contributed by atoms with Crippen molar-refractivity contribution in [2.75, 3.05) is 48.3 Å². The number of aliphatic hydroxyl groups is 6. The summed E-state index contributed by atoms with van der Waals surface area (Å²) in [6, 6.07) is 7.41. The monoisotopic (exact) mass is 738 g/mol.